The fourth-order valence-electron chi connectivity index (χ4n) is 3.00. The van der Waals surface area contributed by atoms with Crippen molar-refractivity contribution in [3.8, 4) is 0 Å². The lowest BCUT2D eigenvalue weighted by molar-refractivity contribution is 0.229. The molecule has 110 valence electrons. The molecule has 0 amide bonds. The van der Waals surface area contributed by atoms with E-state index in [-0.39, 0.29) is 11.0 Å². The molecule has 0 N–H and O–H groups in total. The molecule has 0 saturated heterocycles. The second-order valence-corrected chi connectivity index (χ2v) is 5.87. The molecule has 2 rings (SSSR count). The van der Waals surface area contributed by atoms with Crippen LogP contribution in [0.3, 0.4) is 0 Å². The van der Waals surface area contributed by atoms with Crippen LogP contribution in [-0.4, -0.2) is 19.9 Å². The summed E-state index contributed by atoms with van der Waals surface area (Å²) < 4.78 is 3.44. The van der Waals surface area contributed by atoms with Crippen LogP contribution < -0.4 is 5.56 Å². The molecular weight excluding hydrogens is 270 g/mol. The predicted molar refractivity (Wildman–Crippen MR) is 85.6 cm³/mol. The maximum atomic E-state index is 12.5. The van der Waals surface area contributed by atoms with Crippen molar-refractivity contribution in [2.24, 2.45) is 5.41 Å². The Labute approximate surface area is 125 Å². The van der Waals surface area contributed by atoms with Crippen LogP contribution in [0.2, 0.25) is 0 Å². The number of rotatable bonds is 7. The quantitative estimate of drug-likeness (QED) is 0.797. The molecule has 20 heavy (non-hydrogen) atoms. The second kappa shape index (κ2) is 6.48. The van der Waals surface area contributed by atoms with Crippen molar-refractivity contribution in [1.82, 2.24) is 14.2 Å². The molecule has 0 radical (unpaired) electrons. The Kier molecular flexibility index (Phi) is 4.91. The molecule has 0 atom stereocenters. The molecule has 0 saturated carbocycles. The van der Waals surface area contributed by atoms with Crippen LogP contribution in [0.25, 0.3) is 5.52 Å². The monoisotopic (exact) mass is 293 g/mol. The summed E-state index contributed by atoms with van der Waals surface area (Å²) in [5.41, 5.74) is 0.770. The molecule has 0 aromatic carbocycles. The Balaban J connectivity index is 2.37. The minimum atomic E-state index is 0.0309. The first-order chi connectivity index (χ1) is 9.65. The van der Waals surface area contributed by atoms with Crippen molar-refractivity contribution < 1.29 is 0 Å². The Morgan fingerprint density at radius 2 is 1.95 bits per heavy atom. The lowest BCUT2D eigenvalue weighted by atomic mass is 9.81. The van der Waals surface area contributed by atoms with E-state index in [0.717, 1.165) is 38.0 Å². The van der Waals surface area contributed by atoms with E-state index in [1.54, 1.807) is 16.8 Å². The molecular formula is C15H23N3OS. The van der Waals surface area contributed by atoms with Gasteiger partial charge < -0.3 is 4.57 Å². The number of thiol groups is 1. The van der Waals surface area contributed by atoms with E-state index < -0.39 is 0 Å². The summed E-state index contributed by atoms with van der Waals surface area (Å²) in [7, 11) is 0. The number of nitrogens with zero attached hydrogens (tertiary/aromatic N) is 3. The second-order valence-electron chi connectivity index (χ2n) is 5.55. The number of hydrogen-bond donors (Lipinski definition) is 1. The van der Waals surface area contributed by atoms with Crippen LogP contribution in [0.4, 0.5) is 0 Å². The Bertz CT molecular complexity index is 611. The zero-order chi connectivity index (χ0) is 14.6. The third-order valence-corrected chi connectivity index (χ3v) is 4.61. The van der Waals surface area contributed by atoms with E-state index in [1.807, 2.05) is 17.0 Å². The Morgan fingerprint density at radius 3 is 2.55 bits per heavy atom. The lowest BCUT2D eigenvalue weighted by Gasteiger charge is -2.32. The van der Waals surface area contributed by atoms with Crippen LogP contribution in [0.15, 0.2) is 29.5 Å². The predicted octanol–water partition coefficient (Wildman–Crippen LogP) is 3.01. The van der Waals surface area contributed by atoms with Crippen LogP contribution in [0.1, 0.15) is 39.5 Å². The van der Waals surface area contributed by atoms with Gasteiger partial charge in [0.1, 0.15) is 5.52 Å². The molecule has 2 aromatic heterocycles. The van der Waals surface area contributed by atoms with Gasteiger partial charge in [-0.05, 0) is 30.1 Å². The van der Waals surface area contributed by atoms with Crippen molar-refractivity contribution in [2.45, 2.75) is 46.1 Å². The Morgan fingerprint density at radius 1 is 1.25 bits per heavy atom. The van der Waals surface area contributed by atoms with E-state index in [4.69, 9.17) is 0 Å². The van der Waals surface area contributed by atoms with Gasteiger partial charge in [-0.2, -0.15) is 17.7 Å². The van der Waals surface area contributed by atoms with Crippen LogP contribution in [0.5, 0.6) is 0 Å². The zero-order valence-electron chi connectivity index (χ0n) is 12.2. The summed E-state index contributed by atoms with van der Waals surface area (Å²) in [6, 6.07) is 1.76. The molecule has 4 nitrogen and oxygen atoms in total. The smallest absolute Gasteiger partial charge is 0.276 e. The van der Waals surface area contributed by atoms with Crippen molar-refractivity contribution in [1.29, 1.82) is 0 Å². The highest BCUT2D eigenvalue weighted by Crippen LogP contribution is 2.32. The molecule has 2 heterocycles. The molecule has 0 bridgehead atoms. The van der Waals surface area contributed by atoms with Crippen molar-refractivity contribution >= 4 is 18.1 Å². The molecule has 5 heteroatoms. The highest BCUT2D eigenvalue weighted by molar-refractivity contribution is 7.80. The molecule has 0 fully saturated rings. The van der Waals surface area contributed by atoms with Gasteiger partial charge in [-0.25, -0.2) is 4.52 Å². The topological polar surface area (TPSA) is 39.3 Å². The van der Waals surface area contributed by atoms with E-state index >= 15 is 0 Å². The largest absolute Gasteiger partial charge is 0.312 e. The average Bonchev–Trinajstić information content (AvgIpc) is 2.91. The lowest BCUT2D eigenvalue weighted by Crippen LogP contribution is -2.34. The average molecular weight is 293 g/mol. The Hall–Kier alpha value is -1.23. The number of fused-ring (bicyclic) bond motifs is 1. The summed E-state index contributed by atoms with van der Waals surface area (Å²) in [4.78, 5) is 12.5. The van der Waals surface area contributed by atoms with E-state index in [0.29, 0.717) is 5.52 Å². The van der Waals surface area contributed by atoms with Crippen LogP contribution >= 0.6 is 12.6 Å². The van der Waals surface area contributed by atoms with Crippen LogP contribution in [-0.2, 0) is 6.54 Å². The van der Waals surface area contributed by atoms with Gasteiger partial charge in [0.2, 0.25) is 0 Å². The van der Waals surface area contributed by atoms with Crippen molar-refractivity contribution in [3.63, 3.8) is 0 Å². The van der Waals surface area contributed by atoms with Gasteiger partial charge >= 0.3 is 0 Å². The highest BCUT2D eigenvalue weighted by atomic mass is 32.1. The summed E-state index contributed by atoms with van der Waals surface area (Å²) in [5.74, 6) is 0.811. The minimum absolute atomic E-state index is 0.0309. The fourth-order valence-corrected chi connectivity index (χ4v) is 3.41. The maximum Gasteiger partial charge on any atom is 0.276 e. The minimum Gasteiger partial charge on any atom is -0.312 e. The third kappa shape index (κ3) is 2.92. The van der Waals surface area contributed by atoms with Gasteiger partial charge in [0.15, 0.2) is 0 Å². The van der Waals surface area contributed by atoms with Gasteiger partial charge in [0.25, 0.3) is 5.56 Å². The van der Waals surface area contributed by atoms with E-state index in [1.165, 1.54) is 0 Å². The molecule has 2 aromatic rings. The first kappa shape index (κ1) is 15.2. The van der Waals surface area contributed by atoms with E-state index in [2.05, 4.69) is 31.6 Å². The molecule has 0 aliphatic rings. The van der Waals surface area contributed by atoms with Gasteiger partial charge in [-0.1, -0.05) is 26.7 Å². The highest BCUT2D eigenvalue weighted by Gasteiger charge is 2.28. The molecule has 0 aliphatic heterocycles. The van der Waals surface area contributed by atoms with Gasteiger partial charge in [-0.3, -0.25) is 4.79 Å². The fraction of sp³-hybridized carbons (Fsp3) is 0.600. The number of aromatic nitrogens is 3. The third-order valence-electron chi connectivity index (χ3n) is 3.94. The summed E-state index contributed by atoms with van der Waals surface area (Å²) in [5, 5.41) is 4.10. The molecule has 0 aliphatic carbocycles. The van der Waals surface area contributed by atoms with Crippen molar-refractivity contribution in [2.75, 3.05) is 5.75 Å². The van der Waals surface area contributed by atoms with Gasteiger partial charge in [0, 0.05) is 18.9 Å². The SMILES string of the molecule is CCCC(CS)(CCC)Cn1ccn2nccc2c1=O. The van der Waals surface area contributed by atoms with E-state index in [9.17, 15) is 4.79 Å². The van der Waals surface area contributed by atoms with Crippen molar-refractivity contribution in [3.05, 3.63) is 35.0 Å². The first-order valence-electron chi connectivity index (χ1n) is 7.29. The van der Waals surface area contributed by atoms with Crippen LogP contribution in [0, 0.1) is 5.41 Å². The number of hydrogen-bond acceptors (Lipinski definition) is 3. The normalized spacial score (nSPS) is 12.2. The van der Waals surface area contributed by atoms with Gasteiger partial charge in [-0.15, -0.1) is 0 Å². The maximum absolute atomic E-state index is 12.5. The van der Waals surface area contributed by atoms with Gasteiger partial charge in [0.05, 0.1) is 6.20 Å². The zero-order valence-corrected chi connectivity index (χ0v) is 13.1. The molecule has 0 unspecified atom stereocenters. The first-order valence-corrected chi connectivity index (χ1v) is 7.92. The summed E-state index contributed by atoms with van der Waals surface area (Å²) in [6.45, 7) is 5.12. The summed E-state index contributed by atoms with van der Waals surface area (Å²) in [6.07, 6.45) is 9.77. The summed E-state index contributed by atoms with van der Waals surface area (Å²) >= 11 is 4.56. The standard InChI is InChI=1S/C15H23N3OS/c1-3-6-15(12-20,7-4-2)11-17-9-10-18-13(14(17)19)5-8-16-18/h5,8-10,20H,3-4,6-7,11-12H2,1-2H3. The molecule has 0 spiro atoms.